The lowest BCUT2D eigenvalue weighted by Crippen LogP contribution is -2.25. The second kappa shape index (κ2) is 7.62. The van der Waals surface area contributed by atoms with Gasteiger partial charge in [0.2, 0.25) is 0 Å². The minimum atomic E-state index is -0.291. The number of ether oxygens (including phenoxy) is 1. The summed E-state index contributed by atoms with van der Waals surface area (Å²) in [4.78, 5) is 11.9. The van der Waals surface area contributed by atoms with Gasteiger partial charge in [-0.15, -0.1) is 0 Å². The summed E-state index contributed by atoms with van der Waals surface area (Å²) in [6.07, 6.45) is 0. The van der Waals surface area contributed by atoms with Crippen molar-refractivity contribution in [3.63, 3.8) is 0 Å². The zero-order valence-corrected chi connectivity index (χ0v) is 14.3. The molecule has 3 aromatic rings. The Balaban J connectivity index is 1.59. The summed E-state index contributed by atoms with van der Waals surface area (Å²) in [5.41, 5.74) is 5.40. The highest BCUT2D eigenvalue weighted by molar-refractivity contribution is 6.02. The number of hydrogen-bond acceptors (Lipinski definition) is 3. The van der Waals surface area contributed by atoms with Gasteiger partial charge in [-0.3, -0.25) is 4.79 Å². The molecule has 0 aliphatic rings. The van der Waals surface area contributed by atoms with Crippen LogP contribution in [0.15, 0.2) is 71.8 Å². The van der Waals surface area contributed by atoms with E-state index in [1.54, 1.807) is 0 Å². The van der Waals surface area contributed by atoms with Gasteiger partial charge >= 0.3 is 0 Å². The van der Waals surface area contributed by atoms with E-state index in [0.29, 0.717) is 5.75 Å². The molecule has 1 amide bonds. The van der Waals surface area contributed by atoms with Crippen molar-refractivity contribution in [3.05, 3.63) is 77.9 Å². The first kappa shape index (κ1) is 16.7. The third kappa shape index (κ3) is 4.44. The number of hydrazone groups is 1. The highest BCUT2D eigenvalue weighted by Gasteiger charge is 2.04. The van der Waals surface area contributed by atoms with Crippen LogP contribution in [0.4, 0.5) is 0 Å². The maximum absolute atomic E-state index is 11.9. The number of rotatable bonds is 5. The minimum Gasteiger partial charge on any atom is -0.484 e. The summed E-state index contributed by atoms with van der Waals surface area (Å²) in [6.45, 7) is 3.80. The Morgan fingerprint density at radius 3 is 2.48 bits per heavy atom. The average molecular weight is 332 g/mol. The molecule has 0 unspecified atom stereocenters. The molecule has 0 heterocycles. The Morgan fingerprint density at radius 1 is 1.00 bits per heavy atom. The van der Waals surface area contributed by atoms with Crippen molar-refractivity contribution in [1.29, 1.82) is 0 Å². The highest BCUT2D eigenvalue weighted by atomic mass is 16.5. The van der Waals surface area contributed by atoms with Gasteiger partial charge in [0.15, 0.2) is 6.61 Å². The molecule has 0 fully saturated rings. The first-order valence-corrected chi connectivity index (χ1v) is 8.13. The van der Waals surface area contributed by atoms with Crippen molar-refractivity contribution in [1.82, 2.24) is 5.43 Å². The number of nitrogens with one attached hydrogen (secondary N) is 1. The second-order valence-corrected chi connectivity index (χ2v) is 5.90. The Hall–Kier alpha value is -3.14. The van der Waals surface area contributed by atoms with Gasteiger partial charge in [-0.05, 0) is 48.4 Å². The molecule has 0 aliphatic heterocycles. The lowest BCUT2D eigenvalue weighted by Gasteiger charge is -2.07. The quantitative estimate of drug-likeness (QED) is 0.566. The molecule has 0 aliphatic carbocycles. The van der Waals surface area contributed by atoms with Crippen molar-refractivity contribution in [2.75, 3.05) is 6.61 Å². The first-order valence-electron chi connectivity index (χ1n) is 8.13. The van der Waals surface area contributed by atoms with Crippen LogP contribution in [0, 0.1) is 6.92 Å². The van der Waals surface area contributed by atoms with E-state index in [4.69, 9.17) is 4.74 Å². The summed E-state index contributed by atoms with van der Waals surface area (Å²) >= 11 is 0. The SMILES string of the molecule is CC(=NNC(=O)COc1ccc(C)cc1)c1ccc2ccccc2c1. The molecule has 0 atom stereocenters. The van der Waals surface area contributed by atoms with E-state index in [0.717, 1.165) is 22.2 Å². The van der Waals surface area contributed by atoms with Gasteiger partial charge in [0, 0.05) is 0 Å². The molecule has 1 N–H and O–H groups in total. The number of hydrogen-bond donors (Lipinski definition) is 1. The van der Waals surface area contributed by atoms with E-state index >= 15 is 0 Å². The summed E-state index contributed by atoms with van der Waals surface area (Å²) in [6, 6.07) is 21.8. The topological polar surface area (TPSA) is 50.7 Å². The molecule has 0 bridgehead atoms. The van der Waals surface area contributed by atoms with Crippen molar-refractivity contribution >= 4 is 22.4 Å². The summed E-state index contributed by atoms with van der Waals surface area (Å²) in [5, 5.41) is 6.48. The third-order valence-corrected chi connectivity index (χ3v) is 3.91. The highest BCUT2D eigenvalue weighted by Crippen LogP contribution is 2.16. The first-order chi connectivity index (χ1) is 12.1. The number of benzene rings is 3. The molecular weight excluding hydrogens is 312 g/mol. The molecule has 4 heteroatoms. The largest absolute Gasteiger partial charge is 0.484 e. The molecular formula is C21H20N2O2. The second-order valence-electron chi connectivity index (χ2n) is 5.90. The Labute approximate surface area is 147 Å². The van der Waals surface area contributed by atoms with Crippen molar-refractivity contribution in [2.45, 2.75) is 13.8 Å². The van der Waals surface area contributed by atoms with Crippen LogP contribution in [0.2, 0.25) is 0 Å². The Bertz CT molecular complexity index is 915. The number of amides is 1. The van der Waals surface area contributed by atoms with Crippen LogP contribution >= 0.6 is 0 Å². The fourth-order valence-corrected chi connectivity index (χ4v) is 2.44. The van der Waals surface area contributed by atoms with Crippen molar-refractivity contribution in [3.8, 4) is 5.75 Å². The van der Waals surface area contributed by atoms with E-state index < -0.39 is 0 Å². The predicted molar refractivity (Wildman–Crippen MR) is 101 cm³/mol. The van der Waals surface area contributed by atoms with E-state index in [-0.39, 0.29) is 12.5 Å². The number of aryl methyl sites for hydroxylation is 1. The predicted octanol–water partition coefficient (Wildman–Crippen LogP) is 4.07. The van der Waals surface area contributed by atoms with E-state index in [2.05, 4.69) is 28.7 Å². The zero-order valence-electron chi connectivity index (χ0n) is 14.3. The Kier molecular flexibility index (Phi) is 5.09. The molecule has 0 saturated carbocycles. The van der Waals surface area contributed by atoms with Gasteiger partial charge in [0.05, 0.1) is 5.71 Å². The molecule has 0 spiro atoms. The van der Waals surface area contributed by atoms with Gasteiger partial charge in [-0.2, -0.15) is 5.10 Å². The Morgan fingerprint density at radius 2 is 1.72 bits per heavy atom. The molecule has 25 heavy (non-hydrogen) atoms. The molecule has 3 aromatic carbocycles. The normalized spacial score (nSPS) is 11.4. The molecule has 0 aromatic heterocycles. The van der Waals surface area contributed by atoms with Crippen LogP contribution in [0.25, 0.3) is 10.8 Å². The molecule has 0 saturated heterocycles. The van der Waals surface area contributed by atoms with E-state index in [1.807, 2.05) is 62.4 Å². The van der Waals surface area contributed by atoms with E-state index in [1.165, 1.54) is 5.39 Å². The molecule has 3 rings (SSSR count). The maximum Gasteiger partial charge on any atom is 0.277 e. The standard InChI is InChI=1S/C21H20N2O2/c1-15-7-11-20(12-8-15)25-14-21(24)23-22-16(2)18-10-9-17-5-3-4-6-19(17)13-18/h3-13H,14H2,1-2H3,(H,23,24). The van der Waals surface area contributed by atoms with Gasteiger partial charge in [-0.25, -0.2) is 5.43 Å². The smallest absolute Gasteiger partial charge is 0.277 e. The van der Waals surface area contributed by atoms with E-state index in [9.17, 15) is 4.79 Å². The fourth-order valence-electron chi connectivity index (χ4n) is 2.44. The van der Waals surface area contributed by atoms with Crippen LogP contribution in [-0.4, -0.2) is 18.2 Å². The monoisotopic (exact) mass is 332 g/mol. The molecule has 126 valence electrons. The van der Waals surface area contributed by atoms with Crippen LogP contribution in [0.3, 0.4) is 0 Å². The lowest BCUT2D eigenvalue weighted by atomic mass is 10.0. The number of carbonyl (C=O) groups is 1. The van der Waals surface area contributed by atoms with Gasteiger partial charge in [-0.1, -0.05) is 54.1 Å². The number of fused-ring (bicyclic) bond motifs is 1. The fraction of sp³-hybridized carbons (Fsp3) is 0.143. The molecule has 4 nitrogen and oxygen atoms in total. The summed E-state index contributed by atoms with van der Waals surface area (Å²) in [7, 11) is 0. The average Bonchev–Trinajstić information content (AvgIpc) is 2.65. The number of nitrogens with zero attached hydrogens (tertiary/aromatic N) is 1. The van der Waals surface area contributed by atoms with Crippen molar-refractivity contribution < 1.29 is 9.53 Å². The lowest BCUT2D eigenvalue weighted by molar-refractivity contribution is -0.123. The maximum atomic E-state index is 11.9. The van der Waals surface area contributed by atoms with Gasteiger partial charge in [0.1, 0.15) is 5.75 Å². The summed E-state index contributed by atoms with van der Waals surface area (Å²) < 4.78 is 5.44. The van der Waals surface area contributed by atoms with Crippen LogP contribution in [-0.2, 0) is 4.79 Å². The zero-order chi connectivity index (χ0) is 17.6. The number of carbonyl (C=O) groups excluding carboxylic acids is 1. The van der Waals surface area contributed by atoms with Crippen LogP contribution in [0.5, 0.6) is 5.75 Å². The van der Waals surface area contributed by atoms with Gasteiger partial charge in [0.25, 0.3) is 5.91 Å². The van der Waals surface area contributed by atoms with Crippen LogP contribution < -0.4 is 10.2 Å². The minimum absolute atomic E-state index is 0.0719. The third-order valence-electron chi connectivity index (χ3n) is 3.91. The van der Waals surface area contributed by atoms with Crippen molar-refractivity contribution in [2.24, 2.45) is 5.10 Å². The van der Waals surface area contributed by atoms with Crippen LogP contribution in [0.1, 0.15) is 18.1 Å². The summed E-state index contributed by atoms with van der Waals surface area (Å²) in [5.74, 6) is 0.372. The molecule has 0 radical (unpaired) electrons. The van der Waals surface area contributed by atoms with Gasteiger partial charge < -0.3 is 4.74 Å².